The van der Waals surface area contributed by atoms with Gasteiger partial charge in [-0.25, -0.2) is 0 Å². The average Bonchev–Trinajstić information content (AvgIpc) is 1.87. The second kappa shape index (κ2) is 1.64. The Morgan fingerprint density at radius 3 is 2.43 bits per heavy atom. The zero-order chi connectivity index (χ0) is 5.28. The molecule has 0 atom stereocenters. The van der Waals surface area contributed by atoms with Gasteiger partial charge >= 0.3 is 45.9 Å². The molecule has 0 bridgehead atoms. The first-order chi connectivity index (χ1) is 3.29. The molecule has 7 heavy (non-hydrogen) atoms. The minimum absolute atomic E-state index is 0.0532. The summed E-state index contributed by atoms with van der Waals surface area (Å²) in [5, 5.41) is 2.41. The second-order valence-electron chi connectivity index (χ2n) is 1.12. The van der Waals surface area contributed by atoms with Gasteiger partial charge in [0.25, 0.3) is 0 Å². The quantitative estimate of drug-likeness (QED) is 0.464. The van der Waals surface area contributed by atoms with E-state index in [4.69, 9.17) is 0 Å². The van der Waals surface area contributed by atoms with Crippen LogP contribution in [-0.4, -0.2) is 31.0 Å². The molecule has 1 rings (SSSR count). The molecule has 1 saturated heterocycles. The molecule has 1 aliphatic rings. The summed E-state index contributed by atoms with van der Waals surface area (Å²) in [7, 11) is 0. The number of rotatable bonds is 0. The van der Waals surface area contributed by atoms with Gasteiger partial charge in [0.2, 0.25) is 0 Å². The van der Waals surface area contributed by atoms with Crippen LogP contribution in [-0.2, 0) is 4.79 Å². The van der Waals surface area contributed by atoms with Gasteiger partial charge in [0.15, 0.2) is 0 Å². The van der Waals surface area contributed by atoms with Crippen molar-refractivity contribution in [2.24, 2.45) is 0 Å². The molecule has 1 N–H and O–H groups in total. The Bertz CT molecular complexity index is 108. The number of amides is 1. The number of hydrogen-bond acceptors (Lipinski definition) is 2. The third kappa shape index (κ3) is 1.01. The van der Waals surface area contributed by atoms with E-state index in [-0.39, 0.29) is 16.0 Å². The van der Waals surface area contributed by atoms with Crippen molar-refractivity contribution in [3.05, 3.63) is 0 Å². The van der Waals surface area contributed by atoms with Gasteiger partial charge in [0.05, 0.1) is 0 Å². The molecule has 0 spiro atoms. The van der Waals surface area contributed by atoms with Crippen molar-refractivity contribution in [2.45, 2.75) is 0 Å². The average molecular weight is 164 g/mol. The molecule has 0 aromatic carbocycles. The van der Waals surface area contributed by atoms with Crippen LogP contribution in [0.3, 0.4) is 0 Å². The van der Waals surface area contributed by atoms with Crippen LogP contribution >= 0.6 is 0 Å². The van der Waals surface area contributed by atoms with Crippen molar-refractivity contribution in [3.8, 4) is 0 Å². The van der Waals surface area contributed by atoms with Crippen LogP contribution in [0.25, 0.3) is 0 Å². The van der Waals surface area contributed by atoms with E-state index >= 15 is 0 Å². The molecule has 0 aromatic heterocycles. The number of carbonyl (C=O) groups is 2. The van der Waals surface area contributed by atoms with E-state index in [0.717, 1.165) is 0 Å². The van der Waals surface area contributed by atoms with Gasteiger partial charge in [0.1, 0.15) is 0 Å². The summed E-state index contributed by atoms with van der Waals surface area (Å²) in [6.45, 7) is 0.263. The molecule has 0 radical (unpaired) electrons. The van der Waals surface area contributed by atoms with Gasteiger partial charge in [-0.3, -0.25) is 0 Å². The van der Waals surface area contributed by atoms with Gasteiger partial charge in [-0.15, -0.1) is 0 Å². The van der Waals surface area contributed by atoms with Gasteiger partial charge < -0.3 is 0 Å². The monoisotopic (exact) mass is 165 g/mol. The molecule has 3 nitrogen and oxygen atoms in total. The number of carbonyl (C=O) groups excluding carboxylic acids is 2. The fraction of sp³-hybridized carbons (Fsp3) is 0.333. The van der Waals surface area contributed by atoms with Gasteiger partial charge in [-0.2, -0.15) is 0 Å². The number of nitrogens with one attached hydrogen (secondary N) is 1. The molecule has 38 valence electrons. The Balaban J connectivity index is 2.55. The van der Waals surface area contributed by atoms with Gasteiger partial charge in [-0.1, -0.05) is 0 Å². The van der Waals surface area contributed by atoms with Crippen LogP contribution in [0, 0.1) is 0 Å². The SMILES string of the molecule is O=C1CNC(=O)[Se]1. The Labute approximate surface area is 46.6 Å². The van der Waals surface area contributed by atoms with Crippen LogP contribution in [0.4, 0.5) is 4.79 Å². The normalized spacial score (nSPS) is 20.0. The Morgan fingerprint density at radius 2 is 2.29 bits per heavy atom. The molecule has 1 amide bonds. The van der Waals surface area contributed by atoms with E-state index in [0.29, 0.717) is 0 Å². The van der Waals surface area contributed by atoms with Crippen molar-refractivity contribution in [1.29, 1.82) is 0 Å². The first kappa shape index (κ1) is 4.81. The van der Waals surface area contributed by atoms with Crippen LogP contribution in [0.5, 0.6) is 0 Å². The van der Waals surface area contributed by atoms with Crippen LogP contribution in [0.15, 0.2) is 0 Å². The molecule has 0 aliphatic carbocycles. The Kier molecular flexibility index (Phi) is 1.13. The summed E-state index contributed by atoms with van der Waals surface area (Å²) in [5.41, 5.74) is 0. The molecule has 1 fully saturated rings. The first-order valence-corrected chi connectivity index (χ1v) is 3.49. The molecule has 0 unspecified atom stereocenters. The van der Waals surface area contributed by atoms with E-state index in [1.807, 2.05) is 0 Å². The molecule has 0 saturated carbocycles. The standard InChI is InChI=1S/C3H3NO2Se/c5-2-1-4-3(6)7-2/h1H2,(H,4,6). The summed E-state index contributed by atoms with van der Waals surface area (Å²) >= 11 is -0.403. The number of hydrogen-bond donors (Lipinski definition) is 1. The molecule has 1 aliphatic heterocycles. The van der Waals surface area contributed by atoms with Crippen molar-refractivity contribution in [2.75, 3.05) is 6.54 Å². The van der Waals surface area contributed by atoms with Crippen molar-refractivity contribution >= 4 is 24.4 Å². The van der Waals surface area contributed by atoms with E-state index in [1.54, 1.807) is 0 Å². The zero-order valence-electron chi connectivity index (χ0n) is 3.43. The Morgan fingerprint density at radius 1 is 1.57 bits per heavy atom. The van der Waals surface area contributed by atoms with Crippen LogP contribution in [0.1, 0.15) is 0 Å². The van der Waals surface area contributed by atoms with Crippen LogP contribution in [0.2, 0.25) is 0 Å². The van der Waals surface area contributed by atoms with Gasteiger partial charge in [0, 0.05) is 0 Å². The predicted molar refractivity (Wildman–Crippen MR) is 24.2 cm³/mol. The summed E-state index contributed by atoms with van der Waals surface area (Å²) in [6.07, 6.45) is 0. The Hall–Kier alpha value is -0.341. The van der Waals surface area contributed by atoms with Crippen molar-refractivity contribution in [3.63, 3.8) is 0 Å². The van der Waals surface area contributed by atoms with Crippen molar-refractivity contribution in [1.82, 2.24) is 5.32 Å². The van der Waals surface area contributed by atoms with E-state index in [2.05, 4.69) is 5.32 Å². The van der Waals surface area contributed by atoms with Crippen LogP contribution < -0.4 is 5.32 Å². The fourth-order valence-corrected chi connectivity index (χ4v) is 1.36. The van der Waals surface area contributed by atoms with E-state index in [1.165, 1.54) is 0 Å². The van der Waals surface area contributed by atoms with Gasteiger partial charge in [-0.05, 0) is 0 Å². The maximum absolute atomic E-state index is 10.2. The molecule has 1 heterocycles. The molecular weight excluding hydrogens is 161 g/mol. The second-order valence-corrected chi connectivity index (χ2v) is 3.28. The third-order valence-corrected chi connectivity index (χ3v) is 2.06. The summed E-state index contributed by atoms with van der Waals surface area (Å²) in [4.78, 5) is 20.3. The molecular formula is C3H3NO2Se. The summed E-state index contributed by atoms with van der Waals surface area (Å²) in [5.74, 6) is 0. The maximum atomic E-state index is 10.2. The fourth-order valence-electron chi connectivity index (χ4n) is 0.320. The predicted octanol–water partition coefficient (Wildman–Crippen LogP) is -1.06. The summed E-state index contributed by atoms with van der Waals surface area (Å²) in [6, 6.07) is 0. The molecule has 4 heteroatoms. The molecule has 0 aromatic rings. The summed E-state index contributed by atoms with van der Waals surface area (Å²) < 4.78 is 0.0532. The topological polar surface area (TPSA) is 46.2 Å². The van der Waals surface area contributed by atoms with E-state index in [9.17, 15) is 9.59 Å². The zero-order valence-corrected chi connectivity index (χ0v) is 5.14. The third-order valence-electron chi connectivity index (χ3n) is 0.584. The first-order valence-electron chi connectivity index (χ1n) is 1.77. The van der Waals surface area contributed by atoms with Crippen molar-refractivity contribution < 1.29 is 9.59 Å². The minimum atomic E-state index is -0.403. The van der Waals surface area contributed by atoms with E-state index < -0.39 is 15.0 Å².